The number of benzene rings is 1. The summed E-state index contributed by atoms with van der Waals surface area (Å²) in [6.07, 6.45) is -0.0979. The molecule has 0 spiro atoms. The minimum Gasteiger partial charge on any atom is -0.369 e. The molecule has 0 N–H and O–H groups in total. The van der Waals surface area contributed by atoms with Gasteiger partial charge in [0.2, 0.25) is 0 Å². The van der Waals surface area contributed by atoms with E-state index < -0.39 is 0 Å². The molecule has 0 bridgehead atoms. The number of ether oxygens (including phenoxy) is 2. The standard InChI is InChI=1S/C16H25BrN2O2/c1-3-20-16(21-4-2)13-18-9-11-19(12-10-18)15-7-5-14(17)6-8-15/h5-8,16H,3-4,9-13H2,1-2H3. The summed E-state index contributed by atoms with van der Waals surface area (Å²) in [4.78, 5) is 4.85. The number of hydrogen-bond donors (Lipinski definition) is 0. The molecule has 4 nitrogen and oxygen atoms in total. The molecular weight excluding hydrogens is 332 g/mol. The quantitative estimate of drug-likeness (QED) is 0.701. The van der Waals surface area contributed by atoms with E-state index in [2.05, 4.69) is 50.0 Å². The summed E-state index contributed by atoms with van der Waals surface area (Å²) in [7, 11) is 0. The van der Waals surface area contributed by atoms with Crippen LogP contribution >= 0.6 is 15.9 Å². The molecular formula is C16H25BrN2O2. The SMILES string of the molecule is CCOC(CN1CCN(c2ccc(Br)cc2)CC1)OCC. The van der Waals surface area contributed by atoms with Crippen LogP contribution < -0.4 is 4.90 Å². The average molecular weight is 357 g/mol. The van der Waals surface area contributed by atoms with Gasteiger partial charge in [0.1, 0.15) is 0 Å². The number of anilines is 1. The molecule has 0 unspecified atom stereocenters. The van der Waals surface area contributed by atoms with Crippen molar-refractivity contribution in [1.82, 2.24) is 4.90 Å². The zero-order valence-corrected chi connectivity index (χ0v) is 14.5. The Morgan fingerprint density at radius 1 is 1.00 bits per heavy atom. The Morgan fingerprint density at radius 3 is 2.10 bits per heavy atom. The van der Waals surface area contributed by atoms with Gasteiger partial charge in [-0.05, 0) is 38.1 Å². The summed E-state index contributed by atoms with van der Waals surface area (Å²) in [5.41, 5.74) is 1.30. The maximum absolute atomic E-state index is 5.63. The summed E-state index contributed by atoms with van der Waals surface area (Å²) >= 11 is 3.48. The zero-order chi connectivity index (χ0) is 15.1. The Balaban J connectivity index is 1.80. The van der Waals surface area contributed by atoms with Crippen LogP contribution in [-0.4, -0.2) is 57.1 Å². The van der Waals surface area contributed by atoms with Crippen molar-refractivity contribution >= 4 is 21.6 Å². The Bertz CT molecular complexity index is 399. The number of piperazine rings is 1. The molecule has 5 heteroatoms. The molecule has 2 rings (SSSR count). The van der Waals surface area contributed by atoms with Crippen molar-refractivity contribution in [2.24, 2.45) is 0 Å². The van der Waals surface area contributed by atoms with Crippen LogP contribution in [0, 0.1) is 0 Å². The fourth-order valence-corrected chi connectivity index (χ4v) is 2.84. The van der Waals surface area contributed by atoms with Crippen LogP contribution in [0.1, 0.15) is 13.8 Å². The van der Waals surface area contributed by atoms with Crippen LogP contribution in [0.25, 0.3) is 0 Å². The summed E-state index contributed by atoms with van der Waals surface area (Å²) in [5.74, 6) is 0. The first-order valence-electron chi connectivity index (χ1n) is 7.69. The summed E-state index contributed by atoms with van der Waals surface area (Å²) in [5, 5.41) is 0. The van der Waals surface area contributed by atoms with Gasteiger partial charge in [0, 0.05) is 56.1 Å². The lowest BCUT2D eigenvalue weighted by Crippen LogP contribution is -2.49. The van der Waals surface area contributed by atoms with Gasteiger partial charge < -0.3 is 14.4 Å². The van der Waals surface area contributed by atoms with Crippen molar-refractivity contribution < 1.29 is 9.47 Å². The second-order valence-corrected chi connectivity index (χ2v) is 6.02. The van der Waals surface area contributed by atoms with Crippen LogP contribution in [0.2, 0.25) is 0 Å². The largest absolute Gasteiger partial charge is 0.369 e. The third-order valence-corrected chi connectivity index (χ3v) is 4.21. The first-order chi connectivity index (χ1) is 10.2. The molecule has 1 aliphatic heterocycles. The lowest BCUT2D eigenvalue weighted by Gasteiger charge is -2.37. The van der Waals surface area contributed by atoms with Gasteiger partial charge in [0.25, 0.3) is 0 Å². The smallest absolute Gasteiger partial charge is 0.170 e. The molecule has 1 heterocycles. The second kappa shape index (κ2) is 8.73. The van der Waals surface area contributed by atoms with E-state index in [1.54, 1.807) is 0 Å². The van der Waals surface area contributed by atoms with Crippen molar-refractivity contribution in [3.05, 3.63) is 28.7 Å². The fraction of sp³-hybridized carbons (Fsp3) is 0.625. The fourth-order valence-electron chi connectivity index (χ4n) is 2.58. The lowest BCUT2D eigenvalue weighted by atomic mass is 10.2. The lowest BCUT2D eigenvalue weighted by molar-refractivity contribution is -0.147. The first kappa shape index (κ1) is 16.7. The summed E-state index contributed by atoms with van der Waals surface area (Å²) in [6.45, 7) is 10.5. The molecule has 0 aromatic heterocycles. The maximum Gasteiger partial charge on any atom is 0.170 e. The number of hydrogen-bond acceptors (Lipinski definition) is 4. The molecule has 1 aromatic carbocycles. The van der Waals surface area contributed by atoms with E-state index in [0.29, 0.717) is 13.2 Å². The molecule has 0 saturated carbocycles. The third-order valence-electron chi connectivity index (χ3n) is 3.68. The highest BCUT2D eigenvalue weighted by molar-refractivity contribution is 9.10. The van der Waals surface area contributed by atoms with Crippen LogP contribution in [0.5, 0.6) is 0 Å². The number of halogens is 1. The summed E-state index contributed by atoms with van der Waals surface area (Å²) < 4.78 is 12.4. The average Bonchev–Trinajstić information content (AvgIpc) is 2.49. The van der Waals surface area contributed by atoms with Crippen molar-refractivity contribution in [1.29, 1.82) is 0 Å². The van der Waals surface area contributed by atoms with E-state index in [0.717, 1.165) is 37.2 Å². The minimum atomic E-state index is -0.0979. The normalized spacial score (nSPS) is 16.7. The molecule has 1 saturated heterocycles. The number of nitrogens with zero attached hydrogens (tertiary/aromatic N) is 2. The van der Waals surface area contributed by atoms with Gasteiger partial charge in [-0.15, -0.1) is 0 Å². The Kier molecular flexibility index (Phi) is 6.96. The van der Waals surface area contributed by atoms with E-state index in [4.69, 9.17) is 9.47 Å². The predicted molar refractivity (Wildman–Crippen MR) is 89.8 cm³/mol. The molecule has 0 atom stereocenters. The molecule has 118 valence electrons. The van der Waals surface area contributed by atoms with E-state index in [9.17, 15) is 0 Å². The van der Waals surface area contributed by atoms with Gasteiger partial charge in [0.05, 0.1) is 0 Å². The van der Waals surface area contributed by atoms with Crippen molar-refractivity contribution in [3.63, 3.8) is 0 Å². The van der Waals surface area contributed by atoms with Crippen LogP contribution in [0.15, 0.2) is 28.7 Å². The Hall–Kier alpha value is -0.620. The van der Waals surface area contributed by atoms with Gasteiger partial charge in [-0.1, -0.05) is 15.9 Å². The second-order valence-electron chi connectivity index (χ2n) is 5.10. The first-order valence-corrected chi connectivity index (χ1v) is 8.48. The highest BCUT2D eigenvalue weighted by Gasteiger charge is 2.20. The molecule has 21 heavy (non-hydrogen) atoms. The monoisotopic (exact) mass is 356 g/mol. The third kappa shape index (κ3) is 5.25. The van der Waals surface area contributed by atoms with Gasteiger partial charge in [-0.3, -0.25) is 4.90 Å². The number of rotatable bonds is 7. The molecule has 1 aromatic rings. The van der Waals surface area contributed by atoms with Crippen molar-refractivity contribution in [3.8, 4) is 0 Å². The molecule has 1 aliphatic rings. The Labute approximate surface area is 136 Å². The van der Waals surface area contributed by atoms with Crippen molar-refractivity contribution in [2.45, 2.75) is 20.1 Å². The molecule has 0 radical (unpaired) electrons. The highest BCUT2D eigenvalue weighted by Crippen LogP contribution is 2.19. The van der Waals surface area contributed by atoms with Crippen LogP contribution in [-0.2, 0) is 9.47 Å². The van der Waals surface area contributed by atoms with E-state index in [1.165, 1.54) is 5.69 Å². The molecule has 1 fully saturated rings. The van der Waals surface area contributed by atoms with Crippen molar-refractivity contribution in [2.75, 3.05) is 50.8 Å². The predicted octanol–water partition coefficient (Wildman–Crippen LogP) is 2.97. The zero-order valence-electron chi connectivity index (χ0n) is 12.9. The van der Waals surface area contributed by atoms with Crippen LogP contribution in [0.4, 0.5) is 5.69 Å². The van der Waals surface area contributed by atoms with Gasteiger partial charge >= 0.3 is 0 Å². The highest BCUT2D eigenvalue weighted by atomic mass is 79.9. The topological polar surface area (TPSA) is 24.9 Å². The van der Waals surface area contributed by atoms with Gasteiger partial charge in [-0.25, -0.2) is 0 Å². The maximum atomic E-state index is 5.63. The molecule has 0 aliphatic carbocycles. The minimum absolute atomic E-state index is 0.0979. The molecule has 0 amide bonds. The van der Waals surface area contributed by atoms with Crippen LogP contribution in [0.3, 0.4) is 0 Å². The van der Waals surface area contributed by atoms with E-state index in [-0.39, 0.29) is 6.29 Å². The van der Waals surface area contributed by atoms with E-state index in [1.807, 2.05) is 13.8 Å². The Morgan fingerprint density at radius 2 is 1.57 bits per heavy atom. The van der Waals surface area contributed by atoms with E-state index >= 15 is 0 Å². The summed E-state index contributed by atoms with van der Waals surface area (Å²) in [6, 6.07) is 8.54. The van der Waals surface area contributed by atoms with Gasteiger partial charge in [-0.2, -0.15) is 0 Å². The van der Waals surface area contributed by atoms with Gasteiger partial charge in [0.15, 0.2) is 6.29 Å².